The topological polar surface area (TPSA) is 78.8 Å². The maximum absolute atomic E-state index is 11.5. The molecule has 0 saturated carbocycles. The Kier molecular flexibility index (Phi) is 4.71. The number of esters is 1. The van der Waals surface area contributed by atoms with Gasteiger partial charge in [0.25, 0.3) is 0 Å². The average Bonchev–Trinajstić information content (AvgIpc) is 3.06. The van der Waals surface area contributed by atoms with E-state index in [1.807, 2.05) is 18.2 Å². The van der Waals surface area contributed by atoms with Gasteiger partial charge in [0.1, 0.15) is 6.10 Å². The molecule has 1 aliphatic heterocycles. The molecular formula is C19H21NO4. The molecule has 0 amide bonds. The molecule has 0 radical (unpaired) electrons. The minimum absolute atomic E-state index is 0.0527. The zero-order chi connectivity index (χ0) is 17.1. The lowest BCUT2D eigenvalue weighted by Crippen LogP contribution is -2.33. The van der Waals surface area contributed by atoms with Gasteiger partial charge in [-0.3, -0.25) is 4.79 Å². The van der Waals surface area contributed by atoms with E-state index in [0.717, 1.165) is 12.8 Å². The fraction of sp³-hybridized carbons (Fsp3) is 0.316. The van der Waals surface area contributed by atoms with Gasteiger partial charge in [-0.1, -0.05) is 36.4 Å². The number of ether oxygens (including phenoxy) is 1. The van der Waals surface area contributed by atoms with E-state index in [0.29, 0.717) is 5.56 Å². The van der Waals surface area contributed by atoms with E-state index in [1.165, 1.54) is 24.6 Å². The third kappa shape index (κ3) is 3.51. The molecule has 0 aromatic heterocycles. The Bertz CT molecular complexity index is 717. The first-order valence-electron chi connectivity index (χ1n) is 8.04. The Morgan fingerprint density at radius 1 is 1.12 bits per heavy atom. The molecule has 1 fully saturated rings. The summed E-state index contributed by atoms with van der Waals surface area (Å²) in [6.45, 7) is 1.37. The van der Waals surface area contributed by atoms with Crippen molar-refractivity contribution in [1.82, 2.24) is 5.32 Å². The van der Waals surface area contributed by atoms with E-state index in [9.17, 15) is 15.0 Å². The van der Waals surface area contributed by atoms with Gasteiger partial charge < -0.3 is 20.3 Å². The molecule has 3 rings (SSSR count). The van der Waals surface area contributed by atoms with Crippen LogP contribution in [0.25, 0.3) is 0 Å². The molecule has 3 atom stereocenters. The van der Waals surface area contributed by atoms with Crippen LogP contribution in [0.2, 0.25) is 0 Å². The number of nitrogens with one attached hydrogen (secondary N) is 1. The first-order valence-corrected chi connectivity index (χ1v) is 8.04. The van der Waals surface area contributed by atoms with E-state index < -0.39 is 6.10 Å². The molecule has 2 aromatic rings. The van der Waals surface area contributed by atoms with Crippen LogP contribution >= 0.6 is 0 Å². The molecule has 126 valence electrons. The highest BCUT2D eigenvalue weighted by Gasteiger charge is 2.34. The normalized spacial score (nSPS) is 21.4. The summed E-state index contributed by atoms with van der Waals surface area (Å²) in [5.74, 6) is -0.790. The number of rotatable bonds is 4. The monoisotopic (exact) mass is 327 g/mol. The van der Waals surface area contributed by atoms with Crippen LogP contribution in [0.3, 0.4) is 0 Å². The van der Waals surface area contributed by atoms with Crippen LogP contribution in [-0.2, 0) is 9.53 Å². The van der Waals surface area contributed by atoms with E-state index in [1.54, 1.807) is 6.07 Å². The molecular weight excluding hydrogens is 306 g/mol. The summed E-state index contributed by atoms with van der Waals surface area (Å²) in [5, 5.41) is 22.8. The summed E-state index contributed by atoms with van der Waals surface area (Å²) in [4.78, 5) is 11.5. The van der Waals surface area contributed by atoms with Crippen LogP contribution in [0.5, 0.6) is 11.5 Å². The van der Waals surface area contributed by atoms with Crippen LogP contribution < -0.4 is 5.32 Å². The number of phenolic OH excluding ortho intramolecular Hbond substituents is 2. The van der Waals surface area contributed by atoms with Gasteiger partial charge in [-0.15, -0.1) is 0 Å². The molecule has 5 nitrogen and oxygen atoms in total. The first-order chi connectivity index (χ1) is 11.5. The number of aromatic hydroxyl groups is 2. The summed E-state index contributed by atoms with van der Waals surface area (Å²) >= 11 is 0. The Morgan fingerprint density at radius 3 is 2.54 bits per heavy atom. The lowest BCUT2D eigenvalue weighted by Gasteiger charge is -2.25. The lowest BCUT2D eigenvalue weighted by atomic mass is 10.00. The highest BCUT2D eigenvalue weighted by molar-refractivity contribution is 5.66. The molecule has 1 saturated heterocycles. The van der Waals surface area contributed by atoms with Crippen molar-refractivity contribution in [1.29, 1.82) is 0 Å². The van der Waals surface area contributed by atoms with E-state index in [2.05, 4.69) is 17.4 Å². The molecule has 24 heavy (non-hydrogen) atoms. The molecule has 2 aromatic carbocycles. The van der Waals surface area contributed by atoms with Crippen LogP contribution in [0.15, 0.2) is 48.5 Å². The number of hydrogen-bond acceptors (Lipinski definition) is 5. The Labute approximate surface area is 140 Å². The molecule has 0 spiro atoms. The zero-order valence-electron chi connectivity index (χ0n) is 13.5. The average molecular weight is 327 g/mol. The van der Waals surface area contributed by atoms with Crippen molar-refractivity contribution >= 4 is 5.97 Å². The van der Waals surface area contributed by atoms with Gasteiger partial charge in [-0.25, -0.2) is 0 Å². The fourth-order valence-corrected chi connectivity index (χ4v) is 3.24. The van der Waals surface area contributed by atoms with E-state index >= 15 is 0 Å². The van der Waals surface area contributed by atoms with Crippen molar-refractivity contribution in [3.05, 3.63) is 59.7 Å². The molecule has 1 aliphatic rings. The highest BCUT2D eigenvalue weighted by atomic mass is 16.5. The van der Waals surface area contributed by atoms with Crippen molar-refractivity contribution in [2.45, 2.75) is 38.0 Å². The van der Waals surface area contributed by atoms with E-state index in [-0.39, 0.29) is 29.6 Å². The SMILES string of the molecule is CC(=O)OC(c1ccc(O)c(O)c1)C1CCC(c2ccccc2)N1. The number of carbonyl (C=O) groups excluding carboxylic acids is 1. The van der Waals surface area contributed by atoms with Crippen LogP contribution in [0.4, 0.5) is 0 Å². The number of hydrogen-bond donors (Lipinski definition) is 3. The van der Waals surface area contributed by atoms with E-state index in [4.69, 9.17) is 4.74 Å². The summed E-state index contributed by atoms with van der Waals surface area (Å²) in [6, 6.07) is 14.8. The summed E-state index contributed by atoms with van der Waals surface area (Å²) in [7, 11) is 0. The molecule has 0 bridgehead atoms. The van der Waals surface area contributed by atoms with Gasteiger partial charge in [0.05, 0.1) is 0 Å². The predicted molar refractivity (Wildman–Crippen MR) is 89.6 cm³/mol. The van der Waals surface area contributed by atoms with Gasteiger partial charge in [-0.2, -0.15) is 0 Å². The van der Waals surface area contributed by atoms with Crippen molar-refractivity contribution in [3.63, 3.8) is 0 Å². The third-order valence-electron chi connectivity index (χ3n) is 4.37. The van der Waals surface area contributed by atoms with Crippen molar-refractivity contribution in [3.8, 4) is 11.5 Å². The quantitative estimate of drug-likeness (QED) is 0.594. The van der Waals surface area contributed by atoms with Crippen molar-refractivity contribution < 1.29 is 19.7 Å². The lowest BCUT2D eigenvalue weighted by molar-refractivity contribution is -0.148. The summed E-state index contributed by atoms with van der Waals surface area (Å²) in [5.41, 5.74) is 1.86. The number of phenols is 2. The maximum Gasteiger partial charge on any atom is 0.303 e. The molecule has 3 unspecified atom stereocenters. The number of carbonyl (C=O) groups is 1. The van der Waals surface area contributed by atoms with Crippen LogP contribution in [0.1, 0.15) is 43.0 Å². The smallest absolute Gasteiger partial charge is 0.303 e. The number of benzene rings is 2. The van der Waals surface area contributed by atoms with Gasteiger partial charge in [0.2, 0.25) is 0 Å². The first kappa shape index (κ1) is 16.3. The Morgan fingerprint density at radius 2 is 1.88 bits per heavy atom. The maximum atomic E-state index is 11.5. The van der Waals surface area contributed by atoms with Crippen LogP contribution in [-0.4, -0.2) is 22.2 Å². The van der Waals surface area contributed by atoms with Crippen molar-refractivity contribution in [2.75, 3.05) is 0 Å². The van der Waals surface area contributed by atoms with Gasteiger partial charge in [0.15, 0.2) is 11.5 Å². The summed E-state index contributed by atoms with van der Waals surface area (Å²) < 4.78 is 5.51. The third-order valence-corrected chi connectivity index (χ3v) is 4.37. The van der Waals surface area contributed by atoms with Gasteiger partial charge in [0, 0.05) is 19.0 Å². The fourth-order valence-electron chi connectivity index (χ4n) is 3.24. The second kappa shape index (κ2) is 6.93. The minimum atomic E-state index is -0.511. The molecule has 1 heterocycles. The second-order valence-corrected chi connectivity index (χ2v) is 6.09. The zero-order valence-corrected chi connectivity index (χ0v) is 13.5. The summed E-state index contributed by atoms with van der Waals surface area (Å²) in [6.07, 6.45) is 1.28. The standard InChI is InChI=1S/C19H21NO4/c1-12(21)24-19(14-7-10-17(22)18(23)11-14)16-9-8-15(20-16)13-5-3-2-4-6-13/h2-7,10-11,15-16,19-20,22-23H,8-9H2,1H3. The molecule has 3 N–H and O–H groups in total. The largest absolute Gasteiger partial charge is 0.504 e. The minimum Gasteiger partial charge on any atom is -0.504 e. The predicted octanol–water partition coefficient (Wildman–Crippen LogP) is 3.20. The van der Waals surface area contributed by atoms with Crippen LogP contribution in [0, 0.1) is 0 Å². The molecule has 0 aliphatic carbocycles. The Hall–Kier alpha value is -2.53. The van der Waals surface area contributed by atoms with Gasteiger partial charge >= 0.3 is 5.97 Å². The molecule has 5 heteroatoms. The van der Waals surface area contributed by atoms with Gasteiger partial charge in [-0.05, 0) is 36.1 Å². The highest BCUT2D eigenvalue weighted by Crippen LogP contribution is 2.36. The second-order valence-electron chi connectivity index (χ2n) is 6.09. The Balaban J connectivity index is 1.82. The van der Waals surface area contributed by atoms with Crippen molar-refractivity contribution in [2.24, 2.45) is 0 Å².